The average Bonchev–Trinajstić information content (AvgIpc) is 3.23. The van der Waals surface area contributed by atoms with E-state index in [0.717, 1.165) is 51.4 Å². The maximum Gasteiger partial charge on any atom is 0.226 e. The summed E-state index contributed by atoms with van der Waals surface area (Å²) < 4.78 is 2.42. The Balaban J connectivity index is 1.20. The molecule has 154 valence electrons. The Labute approximate surface area is 172 Å². The third-order valence-electron chi connectivity index (χ3n) is 6.92. The topological polar surface area (TPSA) is 67.2 Å². The van der Waals surface area contributed by atoms with Gasteiger partial charge in [0.05, 0.1) is 0 Å². The molecule has 2 aromatic rings. The number of hydrogen-bond acceptors (Lipinski definition) is 5. The first-order valence-corrected chi connectivity index (χ1v) is 11.2. The summed E-state index contributed by atoms with van der Waals surface area (Å²) in [4.78, 5) is 22.2. The van der Waals surface area contributed by atoms with E-state index in [4.69, 9.17) is 4.98 Å². The van der Waals surface area contributed by atoms with Crippen LogP contribution in [0.25, 0.3) is 0 Å². The minimum Gasteiger partial charge on any atom is -0.352 e. The molecule has 0 N–H and O–H groups in total. The lowest BCUT2D eigenvalue weighted by Gasteiger charge is -2.37. The lowest BCUT2D eigenvalue weighted by atomic mass is 9.88. The lowest BCUT2D eigenvalue weighted by Crippen LogP contribution is -2.51. The number of carbonyl (C=O) groups is 1. The standard InChI is InChI=1S/C22H30N6O/c29-22(27-13-11-26(12-14-27)20-7-4-9-24-25-20)18-8-10-28-19(15-18)16-23-21(28)17-5-2-1-3-6-17/h4,7,9,16-18H,1-3,5-6,8,10-15H2/t18-/m0/s1. The largest absolute Gasteiger partial charge is 0.352 e. The zero-order valence-electron chi connectivity index (χ0n) is 17.0. The number of carbonyl (C=O) groups excluding carboxylic acids is 1. The van der Waals surface area contributed by atoms with E-state index in [1.54, 1.807) is 6.20 Å². The molecule has 1 aliphatic carbocycles. The number of piperazine rings is 1. The van der Waals surface area contributed by atoms with Gasteiger partial charge in [0, 0.05) is 69.1 Å². The zero-order chi connectivity index (χ0) is 19.6. The molecule has 0 aromatic carbocycles. The van der Waals surface area contributed by atoms with E-state index in [0.29, 0.717) is 11.8 Å². The van der Waals surface area contributed by atoms with Gasteiger partial charge in [-0.15, -0.1) is 5.10 Å². The molecule has 1 saturated carbocycles. The van der Waals surface area contributed by atoms with E-state index in [1.807, 2.05) is 23.2 Å². The van der Waals surface area contributed by atoms with E-state index in [9.17, 15) is 4.79 Å². The number of nitrogens with zero attached hydrogens (tertiary/aromatic N) is 6. The van der Waals surface area contributed by atoms with Crippen molar-refractivity contribution >= 4 is 11.7 Å². The maximum atomic E-state index is 13.2. The molecule has 0 radical (unpaired) electrons. The highest BCUT2D eigenvalue weighted by Crippen LogP contribution is 2.34. The molecule has 2 aliphatic heterocycles. The van der Waals surface area contributed by atoms with Crippen LogP contribution in [0.5, 0.6) is 0 Å². The normalized spacial score (nSPS) is 23.1. The second-order valence-electron chi connectivity index (χ2n) is 8.68. The molecular formula is C22H30N6O. The monoisotopic (exact) mass is 394 g/mol. The molecule has 1 atom stereocenters. The molecule has 2 fully saturated rings. The summed E-state index contributed by atoms with van der Waals surface area (Å²) in [7, 11) is 0. The highest BCUT2D eigenvalue weighted by atomic mass is 16.2. The van der Waals surface area contributed by atoms with Crippen molar-refractivity contribution in [3.63, 3.8) is 0 Å². The van der Waals surface area contributed by atoms with Gasteiger partial charge in [0.2, 0.25) is 5.91 Å². The summed E-state index contributed by atoms with van der Waals surface area (Å²) in [6, 6.07) is 3.89. The van der Waals surface area contributed by atoms with Gasteiger partial charge in [-0.25, -0.2) is 4.98 Å². The SMILES string of the molecule is O=C([C@H]1CCn2c(cnc2C2CCCCC2)C1)N1CCN(c2cccnn2)CC1. The van der Waals surface area contributed by atoms with Crippen LogP contribution in [-0.4, -0.2) is 56.7 Å². The summed E-state index contributed by atoms with van der Waals surface area (Å²) >= 11 is 0. The average molecular weight is 395 g/mol. The molecule has 0 spiro atoms. The Morgan fingerprint density at radius 3 is 2.59 bits per heavy atom. The minimum absolute atomic E-state index is 0.0986. The number of anilines is 1. The number of aromatic nitrogens is 4. The fourth-order valence-corrected chi connectivity index (χ4v) is 5.26. The van der Waals surface area contributed by atoms with Crippen LogP contribution in [0.15, 0.2) is 24.5 Å². The van der Waals surface area contributed by atoms with Gasteiger partial charge < -0.3 is 14.4 Å². The molecule has 4 heterocycles. The smallest absolute Gasteiger partial charge is 0.226 e. The first-order valence-electron chi connectivity index (χ1n) is 11.2. The number of hydrogen-bond donors (Lipinski definition) is 0. The van der Waals surface area contributed by atoms with E-state index in [2.05, 4.69) is 19.7 Å². The van der Waals surface area contributed by atoms with E-state index in [1.165, 1.54) is 43.6 Å². The highest BCUT2D eigenvalue weighted by molar-refractivity contribution is 5.79. The van der Waals surface area contributed by atoms with Gasteiger partial charge in [-0.2, -0.15) is 5.10 Å². The van der Waals surface area contributed by atoms with Gasteiger partial charge in [-0.1, -0.05) is 19.3 Å². The number of fused-ring (bicyclic) bond motifs is 1. The Bertz CT molecular complexity index is 836. The van der Waals surface area contributed by atoms with Gasteiger partial charge in [0.15, 0.2) is 5.82 Å². The summed E-state index contributed by atoms with van der Waals surface area (Å²) in [6.45, 7) is 4.11. The molecule has 29 heavy (non-hydrogen) atoms. The van der Waals surface area contributed by atoms with Gasteiger partial charge >= 0.3 is 0 Å². The summed E-state index contributed by atoms with van der Waals surface area (Å²) in [5.41, 5.74) is 1.26. The fourth-order valence-electron chi connectivity index (χ4n) is 5.26. The first-order chi connectivity index (χ1) is 14.3. The summed E-state index contributed by atoms with van der Waals surface area (Å²) in [5.74, 6) is 3.22. The van der Waals surface area contributed by atoms with Gasteiger partial charge in [-0.05, 0) is 31.4 Å². The number of amides is 1. The van der Waals surface area contributed by atoms with Gasteiger partial charge in [-0.3, -0.25) is 4.79 Å². The first kappa shape index (κ1) is 18.6. The molecular weight excluding hydrogens is 364 g/mol. The third-order valence-corrected chi connectivity index (χ3v) is 6.92. The molecule has 2 aromatic heterocycles. The van der Waals surface area contributed by atoms with Crippen molar-refractivity contribution in [1.82, 2.24) is 24.6 Å². The zero-order valence-corrected chi connectivity index (χ0v) is 17.0. The highest BCUT2D eigenvalue weighted by Gasteiger charge is 2.32. The predicted octanol–water partition coefficient (Wildman–Crippen LogP) is 2.63. The van der Waals surface area contributed by atoms with Crippen LogP contribution in [0.1, 0.15) is 56.0 Å². The second-order valence-corrected chi connectivity index (χ2v) is 8.68. The van der Waals surface area contributed by atoms with Crippen LogP contribution >= 0.6 is 0 Å². The van der Waals surface area contributed by atoms with Gasteiger partial charge in [0.25, 0.3) is 0 Å². The van der Waals surface area contributed by atoms with E-state index >= 15 is 0 Å². The fraction of sp³-hybridized carbons (Fsp3) is 0.636. The maximum absolute atomic E-state index is 13.2. The van der Waals surface area contributed by atoms with Crippen LogP contribution in [0.3, 0.4) is 0 Å². The third kappa shape index (κ3) is 3.74. The van der Waals surface area contributed by atoms with Crippen LogP contribution in [0.2, 0.25) is 0 Å². The van der Waals surface area contributed by atoms with Crippen LogP contribution < -0.4 is 4.90 Å². The molecule has 1 amide bonds. The summed E-state index contributed by atoms with van der Waals surface area (Å²) in [5, 5.41) is 8.15. The van der Waals surface area contributed by atoms with Crippen LogP contribution in [0, 0.1) is 5.92 Å². The van der Waals surface area contributed by atoms with Crippen molar-refractivity contribution in [2.45, 2.75) is 57.4 Å². The lowest BCUT2D eigenvalue weighted by molar-refractivity contribution is -0.136. The van der Waals surface area contributed by atoms with Crippen LogP contribution in [0.4, 0.5) is 5.82 Å². The van der Waals surface area contributed by atoms with Crippen LogP contribution in [-0.2, 0) is 17.8 Å². The van der Waals surface area contributed by atoms with Crippen molar-refractivity contribution < 1.29 is 4.79 Å². The molecule has 5 rings (SSSR count). The van der Waals surface area contributed by atoms with Crippen molar-refractivity contribution in [1.29, 1.82) is 0 Å². The quantitative estimate of drug-likeness (QED) is 0.801. The summed E-state index contributed by atoms with van der Waals surface area (Å²) in [6.07, 6.45) is 12.1. The Morgan fingerprint density at radius 1 is 1.00 bits per heavy atom. The molecule has 7 heteroatoms. The second kappa shape index (κ2) is 8.13. The molecule has 0 unspecified atom stereocenters. The molecule has 3 aliphatic rings. The van der Waals surface area contributed by atoms with E-state index in [-0.39, 0.29) is 5.92 Å². The van der Waals surface area contributed by atoms with Crippen molar-refractivity contribution in [3.05, 3.63) is 36.0 Å². The van der Waals surface area contributed by atoms with Crippen molar-refractivity contribution in [2.75, 3.05) is 31.1 Å². The van der Waals surface area contributed by atoms with E-state index < -0.39 is 0 Å². The Hall–Kier alpha value is -2.44. The number of imidazole rings is 1. The Morgan fingerprint density at radius 2 is 1.83 bits per heavy atom. The van der Waals surface area contributed by atoms with Gasteiger partial charge in [0.1, 0.15) is 5.82 Å². The predicted molar refractivity (Wildman–Crippen MR) is 111 cm³/mol. The molecule has 7 nitrogen and oxygen atoms in total. The molecule has 0 bridgehead atoms. The van der Waals surface area contributed by atoms with Crippen molar-refractivity contribution in [3.8, 4) is 0 Å². The Kier molecular flexibility index (Phi) is 5.21. The van der Waals surface area contributed by atoms with Crippen molar-refractivity contribution in [2.24, 2.45) is 5.92 Å². The number of rotatable bonds is 3. The minimum atomic E-state index is 0.0986. The molecule has 1 saturated heterocycles.